The molecule has 4 heteroatoms. The zero-order valence-corrected chi connectivity index (χ0v) is 9.05. The maximum Gasteiger partial charge on any atom is 0.149 e. The normalized spacial score (nSPS) is 25.4. The maximum atomic E-state index is 13.4. The molecular weight excluding hydrogens is 210 g/mol. The van der Waals surface area contributed by atoms with E-state index < -0.39 is 11.6 Å². The number of nitrogens with one attached hydrogen (secondary N) is 1. The second kappa shape index (κ2) is 4.78. The third kappa shape index (κ3) is 2.50. The Balaban J connectivity index is 2.08. The van der Waals surface area contributed by atoms with E-state index in [2.05, 4.69) is 5.32 Å². The van der Waals surface area contributed by atoms with Gasteiger partial charge in [-0.2, -0.15) is 0 Å². The third-order valence-corrected chi connectivity index (χ3v) is 3.03. The molecule has 1 fully saturated rings. The van der Waals surface area contributed by atoms with E-state index in [1.165, 1.54) is 18.2 Å². The smallest absolute Gasteiger partial charge is 0.149 e. The summed E-state index contributed by atoms with van der Waals surface area (Å²) >= 11 is 0. The largest absolute Gasteiger partial charge is 0.378 e. The highest BCUT2D eigenvalue weighted by Crippen LogP contribution is 2.24. The van der Waals surface area contributed by atoms with Crippen LogP contribution in [0.3, 0.4) is 0 Å². The number of benzene rings is 1. The molecule has 0 bridgehead atoms. The molecule has 0 heterocycles. The molecule has 0 aliphatic heterocycles. The molecule has 2 atom stereocenters. The molecule has 1 aromatic rings. The third-order valence-electron chi connectivity index (χ3n) is 3.03. The van der Waals surface area contributed by atoms with Crippen molar-refractivity contribution in [3.05, 3.63) is 29.8 Å². The number of para-hydroxylation sites is 1. The zero-order chi connectivity index (χ0) is 11.5. The second-order valence-electron chi connectivity index (χ2n) is 4.36. The SMILES string of the molecule is NC1CCCC(Nc2c(F)cccc2F)C1. The number of hydrogen-bond donors (Lipinski definition) is 2. The summed E-state index contributed by atoms with van der Waals surface area (Å²) in [6, 6.07) is 4.10. The summed E-state index contributed by atoms with van der Waals surface area (Å²) in [4.78, 5) is 0. The summed E-state index contributed by atoms with van der Waals surface area (Å²) in [5.74, 6) is -1.08. The molecule has 88 valence electrons. The van der Waals surface area contributed by atoms with Gasteiger partial charge in [0.05, 0.1) is 0 Å². The molecule has 0 amide bonds. The lowest BCUT2D eigenvalue weighted by atomic mass is 9.91. The Morgan fingerprint density at radius 1 is 1.19 bits per heavy atom. The quantitative estimate of drug-likeness (QED) is 0.813. The van der Waals surface area contributed by atoms with Gasteiger partial charge in [-0.3, -0.25) is 0 Å². The van der Waals surface area contributed by atoms with Gasteiger partial charge in [-0.05, 0) is 37.8 Å². The Labute approximate surface area is 93.8 Å². The van der Waals surface area contributed by atoms with Gasteiger partial charge in [-0.25, -0.2) is 8.78 Å². The Morgan fingerprint density at radius 2 is 1.88 bits per heavy atom. The van der Waals surface area contributed by atoms with E-state index in [1.807, 2.05) is 0 Å². The summed E-state index contributed by atoms with van der Waals surface area (Å²) in [5, 5.41) is 2.92. The number of anilines is 1. The molecule has 0 saturated heterocycles. The van der Waals surface area contributed by atoms with Gasteiger partial charge >= 0.3 is 0 Å². The minimum atomic E-state index is -0.542. The van der Waals surface area contributed by atoms with Gasteiger partial charge in [0.15, 0.2) is 0 Å². The van der Waals surface area contributed by atoms with Crippen molar-refractivity contribution in [2.75, 3.05) is 5.32 Å². The van der Waals surface area contributed by atoms with Crippen LogP contribution in [0.15, 0.2) is 18.2 Å². The van der Waals surface area contributed by atoms with Crippen molar-refractivity contribution in [2.45, 2.75) is 37.8 Å². The van der Waals surface area contributed by atoms with Gasteiger partial charge in [0, 0.05) is 12.1 Å². The van der Waals surface area contributed by atoms with E-state index in [0.29, 0.717) is 0 Å². The molecule has 0 aromatic heterocycles. The molecule has 16 heavy (non-hydrogen) atoms. The average molecular weight is 226 g/mol. The van der Waals surface area contributed by atoms with E-state index in [0.717, 1.165) is 25.7 Å². The summed E-state index contributed by atoms with van der Waals surface area (Å²) in [6.45, 7) is 0. The van der Waals surface area contributed by atoms with Crippen LogP contribution >= 0.6 is 0 Å². The number of nitrogens with two attached hydrogens (primary N) is 1. The summed E-state index contributed by atoms with van der Waals surface area (Å²) in [7, 11) is 0. The standard InChI is InChI=1S/C12H16F2N2/c13-10-5-2-6-11(14)12(10)16-9-4-1-3-8(15)7-9/h2,5-6,8-9,16H,1,3-4,7,15H2. The predicted octanol–water partition coefficient (Wildman–Crippen LogP) is 2.65. The summed E-state index contributed by atoms with van der Waals surface area (Å²) in [5.41, 5.74) is 5.80. The van der Waals surface area contributed by atoms with Crippen molar-refractivity contribution in [3.63, 3.8) is 0 Å². The van der Waals surface area contributed by atoms with Gasteiger partial charge < -0.3 is 11.1 Å². The van der Waals surface area contributed by atoms with Crippen molar-refractivity contribution >= 4 is 5.69 Å². The average Bonchev–Trinajstić information content (AvgIpc) is 2.24. The van der Waals surface area contributed by atoms with Crippen LogP contribution in [-0.2, 0) is 0 Å². The zero-order valence-electron chi connectivity index (χ0n) is 9.05. The highest BCUT2D eigenvalue weighted by molar-refractivity contribution is 5.46. The van der Waals surface area contributed by atoms with Crippen LogP contribution in [0.4, 0.5) is 14.5 Å². The first-order valence-electron chi connectivity index (χ1n) is 5.63. The Kier molecular flexibility index (Phi) is 3.39. The van der Waals surface area contributed by atoms with Gasteiger partial charge in [-0.15, -0.1) is 0 Å². The second-order valence-corrected chi connectivity index (χ2v) is 4.36. The van der Waals surface area contributed by atoms with Gasteiger partial charge in [0.25, 0.3) is 0 Å². The van der Waals surface area contributed by atoms with Crippen LogP contribution in [0.1, 0.15) is 25.7 Å². The molecule has 0 spiro atoms. The highest BCUT2D eigenvalue weighted by atomic mass is 19.1. The van der Waals surface area contributed by atoms with Crippen molar-refractivity contribution in [1.29, 1.82) is 0 Å². The van der Waals surface area contributed by atoms with Gasteiger partial charge in [-0.1, -0.05) is 6.07 Å². The molecule has 2 nitrogen and oxygen atoms in total. The lowest BCUT2D eigenvalue weighted by molar-refractivity contribution is 0.407. The molecule has 2 rings (SSSR count). The number of hydrogen-bond acceptors (Lipinski definition) is 2. The van der Waals surface area contributed by atoms with Gasteiger partial charge in [0.2, 0.25) is 0 Å². The van der Waals surface area contributed by atoms with Crippen LogP contribution < -0.4 is 11.1 Å². The van der Waals surface area contributed by atoms with Crippen molar-refractivity contribution in [3.8, 4) is 0 Å². The van der Waals surface area contributed by atoms with E-state index in [-0.39, 0.29) is 17.8 Å². The molecule has 3 N–H and O–H groups in total. The monoisotopic (exact) mass is 226 g/mol. The van der Waals surface area contributed by atoms with Gasteiger partial charge in [0.1, 0.15) is 17.3 Å². The first-order chi connectivity index (χ1) is 7.66. The lowest BCUT2D eigenvalue weighted by Crippen LogP contribution is -2.35. The molecule has 1 saturated carbocycles. The Bertz CT molecular complexity index is 348. The van der Waals surface area contributed by atoms with Crippen LogP contribution in [-0.4, -0.2) is 12.1 Å². The topological polar surface area (TPSA) is 38.0 Å². The van der Waals surface area contributed by atoms with Crippen LogP contribution in [0.25, 0.3) is 0 Å². The van der Waals surface area contributed by atoms with E-state index in [9.17, 15) is 8.78 Å². The lowest BCUT2D eigenvalue weighted by Gasteiger charge is -2.28. The Morgan fingerprint density at radius 3 is 2.50 bits per heavy atom. The molecular formula is C12H16F2N2. The summed E-state index contributed by atoms with van der Waals surface area (Å²) < 4.78 is 26.7. The fraction of sp³-hybridized carbons (Fsp3) is 0.500. The Hall–Kier alpha value is -1.16. The molecule has 1 aliphatic carbocycles. The van der Waals surface area contributed by atoms with E-state index >= 15 is 0 Å². The minimum absolute atomic E-state index is 0.0263. The van der Waals surface area contributed by atoms with Crippen LogP contribution in [0.5, 0.6) is 0 Å². The van der Waals surface area contributed by atoms with E-state index in [4.69, 9.17) is 5.73 Å². The minimum Gasteiger partial charge on any atom is -0.378 e. The van der Waals surface area contributed by atoms with E-state index in [1.54, 1.807) is 0 Å². The number of halogens is 2. The van der Waals surface area contributed by atoms with Crippen LogP contribution in [0, 0.1) is 11.6 Å². The van der Waals surface area contributed by atoms with Crippen molar-refractivity contribution in [2.24, 2.45) is 5.73 Å². The fourth-order valence-electron chi connectivity index (χ4n) is 2.20. The predicted molar refractivity (Wildman–Crippen MR) is 60.2 cm³/mol. The molecule has 0 radical (unpaired) electrons. The van der Waals surface area contributed by atoms with Crippen molar-refractivity contribution in [1.82, 2.24) is 0 Å². The highest BCUT2D eigenvalue weighted by Gasteiger charge is 2.21. The van der Waals surface area contributed by atoms with Crippen LogP contribution in [0.2, 0.25) is 0 Å². The maximum absolute atomic E-state index is 13.4. The molecule has 1 aromatic carbocycles. The molecule has 2 unspecified atom stereocenters. The fourth-order valence-corrected chi connectivity index (χ4v) is 2.20. The first kappa shape index (κ1) is 11.3. The summed E-state index contributed by atoms with van der Waals surface area (Å²) in [6.07, 6.45) is 3.70. The van der Waals surface area contributed by atoms with Crippen molar-refractivity contribution < 1.29 is 8.78 Å². The number of rotatable bonds is 2. The first-order valence-corrected chi connectivity index (χ1v) is 5.63. The molecule has 1 aliphatic rings.